The lowest BCUT2D eigenvalue weighted by Crippen LogP contribution is -2.26. The third-order valence-electron chi connectivity index (χ3n) is 4.43. The minimum Gasteiger partial charge on any atom is -0.484 e. The van der Waals surface area contributed by atoms with Crippen molar-refractivity contribution in [3.05, 3.63) is 82.8 Å². The van der Waals surface area contributed by atoms with Gasteiger partial charge in [-0.25, -0.2) is 8.42 Å². The summed E-state index contributed by atoms with van der Waals surface area (Å²) in [6.07, 6.45) is 0. The van der Waals surface area contributed by atoms with E-state index in [1.807, 2.05) is 25.1 Å². The van der Waals surface area contributed by atoms with Gasteiger partial charge in [-0.1, -0.05) is 34.1 Å². The molecule has 3 aromatic carbocycles. The molecular weight excluding hydrogens is 468 g/mol. The zero-order chi connectivity index (χ0) is 21.7. The molecule has 3 rings (SSSR count). The molecule has 0 aliphatic carbocycles. The summed E-state index contributed by atoms with van der Waals surface area (Å²) in [6, 6.07) is 20.3. The summed E-state index contributed by atoms with van der Waals surface area (Å²) in [6.45, 7) is 1.74. The van der Waals surface area contributed by atoms with Gasteiger partial charge in [0, 0.05) is 17.2 Å². The van der Waals surface area contributed by atoms with Gasteiger partial charge in [-0.15, -0.1) is 0 Å². The fourth-order valence-electron chi connectivity index (χ4n) is 2.74. The van der Waals surface area contributed by atoms with Crippen LogP contribution in [0.2, 0.25) is 0 Å². The molecule has 0 spiro atoms. The molecule has 0 radical (unpaired) electrons. The highest BCUT2D eigenvalue weighted by molar-refractivity contribution is 9.10. The van der Waals surface area contributed by atoms with E-state index in [0.29, 0.717) is 11.4 Å². The Morgan fingerprint density at radius 3 is 2.33 bits per heavy atom. The Hall–Kier alpha value is -2.84. The number of ether oxygens (including phenoxy) is 1. The van der Waals surface area contributed by atoms with Crippen LogP contribution in [0.4, 0.5) is 11.4 Å². The lowest BCUT2D eigenvalue weighted by molar-refractivity contribution is -0.118. The molecule has 0 aliphatic rings. The summed E-state index contributed by atoms with van der Waals surface area (Å²) >= 11 is 3.39. The first-order valence-electron chi connectivity index (χ1n) is 9.10. The number of benzene rings is 3. The summed E-state index contributed by atoms with van der Waals surface area (Å²) in [7, 11) is -2.16. The largest absolute Gasteiger partial charge is 0.484 e. The van der Waals surface area contributed by atoms with E-state index in [1.165, 1.54) is 11.4 Å². The molecule has 3 aromatic rings. The molecule has 0 unspecified atom stereocenters. The number of hydrogen-bond donors (Lipinski definition) is 1. The van der Waals surface area contributed by atoms with E-state index in [2.05, 4.69) is 21.2 Å². The normalized spacial score (nSPS) is 11.0. The van der Waals surface area contributed by atoms with Gasteiger partial charge in [0.05, 0.1) is 10.6 Å². The average molecular weight is 489 g/mol. The number of anilines is 2. The van der Waals surface area contributed by atoms with Gasteiger partial charge in [-0.05, 0) is 67.1 Å². The second-order valence-electron chi connectivity index (χ2n) is 6.58. The molecule has 1 N–H and O–H groups in total. The maximum absolute atomic E-state index is 12.7. The van der Waals surface area contributed by atoms with Gasteiger partial charge >= 0.3 is 0 Å². The van der Waals surface area contributed by atoms with E-state index < -0.39 is 10.0 Å². The van der Waals surface area contributed by atoms with Crippen molar-refractivity contribution >= 4 is 43.2 Å². The van der Waals surface area contributed by atoms with Gasteiger partial charge in [-0.2, -0.15) is 0 Å². The SMILES string of the molecule is Cc1cc(Br)ccc1NC(=O)COc1ccc(N(C)S(=O)(=O)c2ccccc2)cc1. The van der Waals surface area contributed by atoms with Gasteiger partial charge in [0.25, 0.3) is 15.9 Å². The van der Waals surface area contributed by atoms with Crippen molar-refractivity contribution in [1.82, 2.24) is 0 Å². The number of hydrogen-bond acceptors (Lipinski definition) is 4. The third-order valence-corrected chi connectivity index (χ3v) is 6.73. The summed E-state index contributed by atoms with van der Waals surface area (Å²) < 4.78 is 33.0. The molecule has 1 amide bonds. The molecule has 0 aliphatic heterocycles. The standard InChI is InChI=1S/C22H21BrN2O4S/c1-16-14-17(23)8-13-21(16)24-22(26)15-29-19-11-9-18(10-12-19)25(2)30(27,28)20-6-4-3-5-7-20/h3-14H,15H2,1-2H3,(H,24,26). The predicted molar refractivity (Wildman–Crippen MR) is 121 cm³/mol. The topological polar surface area (TPSA) is 75.7 Å². The lowest BCUT2D eigenvalue weighted by atomic mass is 10.2. The summed E-state index contributed by atoms with van der Waals surface area (Å²) in [4.78, 5) is 12.4. The van der Waals surface area contributed by atoms with Crippen LogP contribution >= 0.6 is 15.9 Å². The zero-order valence-electron chi connectivity index (χ0n) is 16.5. The Balaban J connectivity index is 1.61. The van der Waals surface area contributed by atoms with E-state index >= 15 is 0 Å². The highest BCUT2D eigenvalue weighted by Crippen LogP contribution is 2.24. The molecule has 30 heavy (non-hydrogen) atoms. The van der Waals surface area contributed by atoms with Crippen molar-refractivity contribution < 1.29 is 17.9 Å². The van der Waals surface area contributed by atoms with E-state index in [0.717, 1.165) is 15.7 Å². The minimum absolute atomic E-state index is 0.160. The van der Waals surface area contributed by atoms with Gasteiger partial charge < -0.3 is 10.1 Å². The molecule has 0 saturated heterocycles. The number of halogens is 1. The Kier molecular flexibility index (Phi) is 6.79. The molecular formula is C22H21BrN2O4S. The van der Waals surface area contributed by atoms with Crippen molar-refractivity contribution in [2.45, 2.75) is 11.8 Å². The fourth-order valence-corrected chi connectivity index (χ4v) is 4.44. The Morgan fingerprint density at radius 1 is 1.03 bits per heavy atom. The van der Waals surface area contributed by atoms with E-state index in [1.54, 1.807) is 54.6 Å². The zero-order valence-corrected chi connectivity index (χ0v) is 18.9. The van der Waals surface area contributed by atoms with Gasteiger partial charge in [0.1, 0.15) is 5.75 Å². The number of rotatable bonds is 7. The molecule has 0 atom stereocenters. The third kappa shape index (κ3) is 5.20. The van der Waals surface area contributed by atoms with Crippen LogP contribution in [0.5, 0.6) is 5.75 Å². The number of carbonyl (C=O) groups excluding carboxylic acids is 1. The van der Waals surface area contributed by atoms with Crippen LogP contribution < -0.4 is 14.4 Å². The van der Waals surface area contributed by atoms with Crippen LogP contribution in [-0.2, 0) is 14.8 Å². The average Bonchev–Trinajstić information content (AvgIpc) is 2.75. The first kappa shape index (κ1) is 21.9. The molecule has 0 heterocycles. The smallest absolute Gasteiger partial charge is 0.264 e. The molecule has 0 fully saturated rings. The summed E-state index contributed by atoms with van der Waals surface area (Å²) in [5, 5.41) is 2.80. The number of nitrogens with one attached hydrogen (secondary N) is 1. The molecule has 6 nitrogen and oxygen atoms in total. The van der Waals surface area contributed by atoms with Crippen molar-refractivity contribution in [2.75, 3.05) is 23.3 Å². The van der Waals surface area contributed by atoms with Crippen molar-refractivity contribution in [3.63, 3.8) is 0 Å². The molecule has 156 valence electrons. The maximum Gasteiger partial charge on any atom is 0.264 e. The monoisotopic (exact) mass is 488 g/mol. The van der Waals surface area contributed by atoms with Crippen molar-refractivity contribution in [1.29, 1.82) is 0 Å². The first-order valence-corrected chi connectivity index (χ1v) is 11.3. The minimum atomic E-state index is -3.65. The van der Waals surface area contributed by atoms with E-state index in [-0.39, 0.29) is 17.4 Å². The highest BCUT2D eigenvalue weighted by Gasteiger charge is 2.20. The quantitative estimate of drug-likeness (QED) is 0.527. The van der Waals surface area contributed by atoms with Crippen LogP contribution in [0.25, 0.3) is 0 Å². The Labute approximate surface area is 184 Å². The molecule has 8 heteroatoms. The van der Waals surface area contributed by atoms with Gasteiger partial charge in [-0.3, -0.25) is 9.10 Å². The van der Waals surface area contributed by atoms with Crippen molar-refractivity contribution in [3.8, 4) is 5.75 Å². The molecule has 0 aromatic heterocycles. The fraction of sp³-hybridized carbons (Fsp3) is 0.136. The number of amides is 1. The summed E-state index contributed by atoms with van der Waals surface area (Å²) in [5.41, 5.74) is 2.14. The van der Waals surface area contributed by atoms with Gasteiger partial charge in [0.2, 0.25) is 0 Å². The van der Waals surface area contributed by atoms with Crippen LogP contribution in [0.15, 0.2) is 82.2 Å². The summed E-state index contributed by atoms with van der Waals surface area (Å²) in [5.74, 6) is 0.181. The Morgan fingerprint density at radius 2 is 1.70 bits per heavy atom. The number of sulfonamides is 1. The number of nitrogens with zero attached hydrogens (tertiary/aromatic N) is 1. The van der Waals surface area contributed by atoms with Crippen molar-refractivity contribution in [2.24, 2.45) is 0 Å². The maximum atomic E-state index is 12.7. The van der Waals surface area contributed by atoms with E-state index in [4.69, 9.17) is 4.74 Å². The molecule has 0 saturated carbocycles. The van der Waals surface area contributed by atoms with Crippen LogP contribution in [0.1, 0.15) is 5.56 Å². The first-order chi connectivity index (χ1) is 14.3. The molecule has 0 bridgehead atoms. The second-order valence-corrected chi connectivity index (χ2v) is 9.46. The highest BCUT2D eigenvalue weighted by atomic mass is 79.9. The van der Waals surface area contributed by atoms with Crippen LogP contribution in [0.3, 0.4) is 0 Å². The lowest BCUT2D eigenvalue weighted by Gasteiger charge is -2.19. The van der Waals surface area contributed by atoms with Crippen LogP contribution in [-0.4, -0.2) is 28.0 Å². The predicted octanol–water partition coefficient (Wildman–Crippen LogP) is 4.60. The number of carbonyl (C=O) groups is 1. The second kappa shape index (κ2) is 9.32. The van der Waals surface area contributed by atoms with E-state index in [9.17, 15) is 13.2 Å². The number of aryl methyl sites for hydroxylation is 1. The Bertz CT molecular complexity index is 1130. The van der Waals surface area contributed by atoms with Gasteiger partial charge in [0.15, 0.2) is 6.61 Å². The van der Waals surface area contributed by atoms with Crippen LogP contribution in [0, 0.1) is 6.92 Å².